The van der Waals surface area contributed by atoms with Crippen molar-refractivity contribution in [1.29, 1.82) is 0 Å². The number of benzene rings is 2. The van der Waals surface area contributed by atoms with Crippen LogP contribution in [0.5, 0.6) is 0 Å². The van der Waals surface area contributed by atoms with Crippen LogP contribution in [0.2, 0.25) is 15.1 Å². The topological polar surface area (TPSA) is 86.8 Å². The van der Waals surface area contributed by atoms with E-state index in [1.165, 1.54) is 23.1 Å². The van der Waals surface area contributed by atoms with Crippen LogP contribution in [-0.2, 0) is 26.2 Å². The van der Waals surface area contributed by atoms with Gasteiger partial charge >= 0.3 is 0 Å². The number of hydrogen-bond acceptors (Lipinski definition) is 4. The number of hydrogen-bond donors (Lipinski definition) is 1. The molecule has 7 nitrogen and oxygen atoms in total. The summed E-state index contributed by atoms with van der Waals surface area (Å²) in [6.45, 7) is 3.55. The molecular formula is C23H28Cl3N3O4S. The van der Waals surface area contributed by atoms with Crippen molar-refractivity contribution in [3.63, 3.8) is 0 Å². The minimum Gasteiger partial charge on any atom is -0.354 e. The van der Waals surface area contributed by atoms with Crippen molar-refractivity contribution in [2.45, 2.75) is 39.3 Å². The van der Waals surface area contributed by atoms with E-state index in [4.69, 9.17) is 34.8 Å². The van der Waals surface area contributed by atoms with Crippen molar-refractivity contribution in [1.82, 2.24) is 10.2 Å². The van der Waals surface area contributed by atoms with Gasteiger partial charge in [-0.1, -0.05) is 66.3 Å². The Labute approximate surface area is 216 Å². The second kappa shape index (κ2) is 12.6. The molecule has 2 aromatic rings. The van der Waals surface area contributed by atoms with Gasteiger partial charge in [-0.25, -0.2) is 8.42 Å². The van der Waals surface area contributed by atoms with Crippen molar-refractivity contribution in [2.75, 3.05) is 23.7 Å². The standard InChI is InChI=1S/C23H28Cl3N3O4S/c1-4-5-10-27-23(31)16(2)28(14-17-8-6-7-9-21(17)26)22(30)15-29(34(3,32)33)20-12-18(24)11-19(25)13-20/h6-9,11-13,16H,4-5,10,14-15H2,1-3H3,(H,27,31)/t16-/m1/s1. The van der Waals surface area contributed by atoms with Gasteiger partial charge in [0.05, 0.1) is 11.9 Å². The molecule has 0 spiro atoms. The van der Waals surface area contributed by atoms with Crippen LogP contribution >= 0.6 is 34.8 Å². The fraction of sp³-hybridized carbons (Fsp3) is 0.391. The molecule has 34 heavy (non-hydrogen) atoms. The van der Waals surface area contributed by atoms with Crippen molar-refractivity contribution < 1.29 is 18.0 Å². The van der Waals surface area contributed by atoms with Gasteiger partial charge in [-0.15, -0.1) is 0 Å². The first-order chi connectivity index (χ1) is 15.9. The molecule has 2 rings (SSSR count). The number of rotatable bonds is 11. The smallest absolute Gasteiger partial charge is 0.244 e. The van der Waals surface area contributed by atoms with Gasteiger partial charge in [0.25, 0.3) is 0 Å². The summed E-state index contributed by atoms with van der Waals surface area (Å²) in [4.78, 5) is 27.6. The van der Waals surface area contributed by atoms with Gasteiger partial charge in [0.15, 0.2) is 0 Å². The van der Waals surface area contributed by atoms with Crippen molar-refractivity contribution in [2.24, 2.45) is 0 Å². The third-order valence-electron chi connectivity index (χ3n) is 5.11. The highest BCUT2D eigenvalue weighted by atomic mass is 35.5. The molecule has 1 N–H and O–H groups in total. The highest BCUT2D eigenvalue weighted by molar-refractivity contribution is 7.92. The lowest BCUT2D eigenvalue weighted by Gasteiger charge is -2.31. The minimum atomic E-state index is -3.88. The predicted molar refractivity (Wildman–Crippen MR) is 138 cm³/mol. The number of carbonyl (C=O) groups excluding carboxylic acids is 2. The number of halogens is 3. The maximum absolute atomic E-state index is 13.5. The normalized spacial score (nSPS) is 12.2. The summed E-state index contributed by atoms with van der Waals surface area (Å²) in [7, 11) is -3.88. The van der Waals surface area contributed by atoms with Gasteiger partial charge in [0.1, 0.15) is 12.6 Å². The van der Waals surface area contributed by atoms with E-state index in [2.05, 4.69) is 5.32 Å². The SMILES string of the molecule is CCCCNC(=O)[C@@H](C)N(Cc1ccccc1Cl)C(=O)CN(c1cc(Cl)cc(Cl)c1)S(C)(=O)=O. The maximum atomic E-state index is 13.5. The number of nitrogens with zero attached hydrogens (tertiary/aromatic N) is 2. The summed E-state index contributed by atoms with van der Waals surface area (Å²) in [6, 6.07) is 10.4. The Hall–Kier alpha value is -2.00. The quantitative estimate of drug-likeness (QED) is 0.411. The third kappa shape index (κ3) is 8.05. The van der Waals surface area contributed by atoms with Crippen LogP contribution in [0, 0.1) is 0 Å². The Morgan fingerprint density at radius 2 is 1.68 bits per heavy atom. The summed E-state index contributed by atoms with van der Waals surface area (Å²) < 4.78 is 26.1. The zero-order valence-electron chi connectivity index (χ0n) is 19.2. The highest BCUT2D eigenvalue weighted by Crippen LogP contribution is 2.27. The minimum absolute atomic E-state index is 0.0226. The summed E-state index contributed by atoms with van der Waals surface area (Å²) in [5.74, 6) is -0.926. The molecule has 0 aliphatic heterocycles. The van der Waals surface area contributed by atoms with Crippen molar-refractivity contribution in [3.8, 4) is 0 Å². The number of amides is 2. The molecule has 0 aliphatic carbocycles. The molecule has 1 atom stereocenters. The highest BCUT2D eigenvalue weighted by Gasteiger charge is 2.30. The van der Waals surface area contributed by atoms with Gasteiger partial charge in [-0.05, 0) is 43.2 Å². The van der Waals surface area contributed by atoms with E-state index in [9.17, 15) is 18.0 Å². The van der Waals surface area contributed by atoms with E-state index < -0.39 is 28.5 Å². The second-order valence-corrected chi connectivity index (χ2v) is 11.0. The molecule has 2 amide bonds. The molecule has 2 aromatic carbocycles. The van der Waals surface area contributed by atoms with Gasteiger partial charge in [-0.2, -0.15) is 0 Å². The van der Waals surface area contributed by atoms with Crippen LogP contribution in [-0.4, -0.2) is 50.5 Å². The fourth-order valence-electron chi connectivity index (χ4n) is 3.23. The summed E-state index contributed by atoms with van der Waals surface area (Å²) in [5, 5.41) is 3.69. The molecule has 0 bridgehead atoms. The lowest BCUT2D eigenvalue weighted by atomic mass is 10.1. The van der Waals surface area contributed by atoms with E-state index in [1.807, 2.05) is 6.92 Å². The Morgan fingerprint density at radius 1 is 1.06 bits per heavy atom. The van der Waals surface area contributed by atoms with Crippen molar-refractivity contribution in [3.05, 3.63) is 63.1 Å². The molecule has 0 heterocycles. The molecule has 0 aliphatic rings. The van der Waals surface area contributed by atoms with E-state index in [-0.39, 0.29) is 28.2 Å². The van der Waals surface area contributed by atoms with E-state index in [0.717, 1.165) is 23.4 Å². The van der Waals surface area contributed by atoms with Crippen LogP contribution in [0.1, 0.15) is 32.3 Å². The van der Waals surface area contributed by atoms with Crippen molar-refractivity contribution >= 4 is 62.3 Å². The average molecular weight is 549 g/mol. The summed E-state index contributed by atoms with van der Waals surface area (Å²) in [5.41, 5.74) is 0.772. The van der Waals surface area contributed by atoms with Gasteiger partial charge < -0.3 is 10.2 Å². The molecule has 0 unspecified atom stereocenters. The summed E-state index contributed by atoms with van der Waals surface area (Å²) >= 11 is 18.4. The molecule has 0 fully saturated rings. The van der Waals surface area contributed by atoms with Gasteiger partial charge in [0, 0.05) is 28.2 Å². The molecular weight excluding hydrogens is 521 g/mol. The van der Waals surface area contributed by atoms with Gasteiger partial charge in [0.2, 0.25) is 21.8 Å². The number of carbonyl (C=O) groups is 2. The Morgan fingerprint density at radius 3 is 2.24 bits per heavy atom. The van der Waals surface area contributed by atoms with Gasteiger partial charge in [-0.3, -0.25) is 13.9 Å². The molecule has 186 valence electrons. The van der Waals surface area contributed by atoms with Crippen LogP contribution in [0.15, 0.2) is 42.5 Å². The summed E-state index contributed by atoms with van der Waals surface area (Å²) in [6.07, 6.45) is 2.69. The largest absolute Gasteiger partial charge is 0.354 e. The number of sulfonamides is 1. The first-order valence-corrected chi connectivity index (χ1v) is 13.7. The number of anilines is 1. The second-order valence-electron chi connectivity index (χ2n) is 7.83. The van der Waals surface area contributed by atoms with Crippen LogP contribution < -0.4 is 9.62 Å². The average Bonchev–Trinajstić information content (AvgIpc) is 2.74. The lowest BCUT2D eigenvalue weighted by Crippen LogP contribution is -2.51. The zero-order chi connectivity index (χ0) is 25.5. The monoisotopic (exact) mass is 547 g/mol. The Balaban J connectivity index is 2.39. The molecule has 0 aromatic heterocycles. The fourth-order valence-corrected chi connectivity index (χ4v) is 4.77. The lowest BCUT2D eigenvalue weighted by molar-refractivity contribution is -0.139. The predicted octanol–water partition coefficient (Wildman–Crippen LogP) is 4.75. The molecule has 0 saturated heterocycles. The molecule has 0 radical (unpaired) electrons. The molecule has 11 heteroatoms. The first kappa shape index (κ1) is 28.2. The Kier molecular flexibility index (Phi) is 10.5. The van der Waals surface area contributed by atoms with E-state index >= 15 is 0 Å². The van der Waals surface area contributed by atoms with E-state index in [1.54, 1.807) is 31.2 Å². The van der Waals surface area contributed by atoms with E-state index in [0.29, 0.717) is 17.1 Å². The first-order valence-electron chi connectivity index (χ1n) is 10.7. The van der Waals surface area contributed by atoms with Crippen LogP contribution in [0.4, 0.5) is 5.69 Å². The third-order valence-corrected chi connectivity index (χ3v) is 7.06. The van der Waals surface area contributed by atoms with Crippen LogP contribution in [0.3, 0.4) is 0 Å². The zero-order valence-corrected chi connectivity index (χ0v) is 22.3. The van der Waals surface area contributed by atoms with Crippen LogP contribution in [0.25, 0.3) is 0 Å². The number of nitrogens with one attached hydrogen (secondary N) is 1. The maximum Gasteiger partial charge on any atom is 0.244 e. The molecule has 0 saturated carbocycles. The Bertz CT molecular complexity index is 1110. The number of unbranched alkanes of at least 4 members (excludes halogenated alkanes) is 1.